The molecular formula is C29H24Cl2N2O5S. The highest BCUT2D eigenvalue weighted by Crippen LogP contribution is 2.46. The van der Waals surface area contributed by atoms with Crippen LogP contribution in [0.25, 0.3) is 16.0 Å². The fraction of sp³-hybridized carbons (Fsp3) is 0.207. The van der Waals surface area contributed by atoms with Crippen molar-refractivity contribution in [3.8, 4) is 11.5 Å². The van der Waals surface area contributed by atoms with Gasteiger partial charge in [0.25, 0.3) is 5.78 Å². The minimum atomic E-state index is -0.977. The maximum Gasteiger partial charge on any atom is 0.301 e. The monoisotopic (exact) mass is 582 g/mol. The molecule has 4 aromatic rings. The van der Waals surface area contributed by atoms with Crippen LogP contribution in [0.1, 0.15) is 36.9 Å². The molecule has 0 aliphatic carbocycles. The SMILES string of the molecule is CCCCOc1ccc(C2C(=C(O)c3ccc(Cl)cc3)C(=O)C(=O)N2c2nc3ccc(Cl)cc3s2)cc1OC. The Morgan fingerprint density at radius 3 is 2.49 bits per heavy atom. The van der Waals surface area contributed by atoms with Crippen molar-refractivity contribution in [3.05, 3.63) is 87.4 Å². The number of carbonyl (C=O) groups excluding carboxylic acids is 2. The second kappa shape index (κ2) is 11.3. The molecule has 1 fully saturated rings. The van der Waals surface area contributed by atoms with E-state index in [0.29, 0.717) is 49.9 Å². The molecule has 0 bridgehead atoms. The van der Waals surface area contributed by atoms with Gasteiger partial charge in [-0.1, -0.05) is 53.9 Å². The number of unbranched alkanes of at least 4 members (excludes halogenated alkanes) is 1. The fourth-order valence-corrected chi connectivity index (χ4v) is 5.79. The molecule has 3 aromatic carbocycles. The standard InChI is InChI=1S/C29H24Cl2N2O5S/c1-3-4-13-38-21-12-7-17(14-22(21)37-2)25-24(26(34)16-5-8-18(30)9-6-16)27(35)28(36)33(25)29-32-20-11-10-19(31)15-23(20)39-29/h5-12,14-15,25,34H,3-4,13H2,1-2H3. The summed E-state index contributed by atoms with van der Waals surface area (Å²) in [6.07, 6.45) is 1.86. The molecule has 0 radical (unpaired) electrons. The van der Waals surface area contributed by atoms with E-state index in [1.54, 1.807) is 60.7 Å². The number of hydrogen-bond donors (Lipinski definition) is 1. The molecule has 1 amide bonds. The zero-order chi connectivity index (χ0) is 27.7. The van der Waals surface area contributed by atoms with Gasteiger partial charge >= 0.3 is 5.91 Å². The van der Waals surface area contributed by atoms with Crippen LogP contribution in [0.5, 0.6) is 11.5 Å². The predicted octanol–water partition coefficient (Wildman–Crippen LogP) is 7.42. The lowest BCUT2D eigenvalue weighted by molar-refractivity contribution is -0.132. The molecule has 39 heavy (non-hydrogen) atoms. The van der Waals surface area contributed by atoms with Gasteiger partial charge < -0.3 is 14.6 Å². The average Bonchev–Trinajstić information content (AvgIpc) is 3.46. The maximum absolute atomic E-state index is 13.5. The van der Waals surface area contributed by atoms with Crippen molar-refractivity contribution in [2.24, 2.45) is 0 Å². The number of ether oxygens (including phenoxy) is 2. The number of ketones is 1. The number of anilines is 1. The molecule has 1 atom stereocenters. The maximum atomic E-state index is 13.5. The highest BCUT2D eigenvalue weighted by molar-refractivity contribution is 7.22. The lowest BCUT2D eigenvalue weighted by Gasteiger charge is -2.24. The second-order valence-corrected chi connectivity index (χ2v) is 10.8. The second-order valence-electron chi connectivity index (χ2n) is 8.90. The summed E-state index contributed by atoms with van der Waals surface area (Å²) in [5, 5.41) is 12.6. The summed E-state index contributed by atoms with van der Waals surface area (Å²) in [5.41, 5.74) is 1.46. The van der Waals surface area contributed by atoms with Crippen LogP contribution in [-0.4, -0.2) is 35.5 Å². The van der Waals surface area contributed by atoms with Gasteiger partial charge in [-0.15, -0.1) is 0 Å². The zero-order valence-electron chi connectivity index (χ0n) is 21.1. The number of hydrogen-bond acceptors (Lipinski definition) is 7. The van der Waals surface area contributed by atoms with E-state index >= 15 is 0 Å². The first-order valence-corrected chi connectivity index (χ1v) is 13.8. The Kier molecular flexibility index (Phi) is 7.79. The highest BCUT2D eigenvalue weighted by Gasteiger charge is 2.48. The van der Waals surface area contributed by atoms with Crippen LogP contribution in [0, 0.1) is 0 Å². The van der Waals surface area contributed by atoms with Gasteiger partial charge in [0.2, 0.25) is 0 Å². The molecule has 7 nitrogen and oxygen atoms in total. The smallest absolute Gasteiger partial charge is 0.301 e. The van der Waals surface area contributed by atoms with Crippen LogP contribution in [0.2, 0.25) is 10.0 Å². The van der Waals surface area contributed by atoms with Crippen LogP contribution < -0.4 is 14.4 Å². The van der Waals surface area contributed by atoms with Gasteiger partial charge in [-0.25, -0.2) is 4.98 Å². The number of methoxy groups -OCH3 is 1. The van der Waals surface area contributed by atoms with Gasteiger partial charge in [0.1, 0.15) is 5.76 Å². The van der Waals surface area contributed by atoms with Crippen LogP contribution in [0.3, 0.4) is 0 Å². The molecule has 1 aromatic heterocycles. The van der Waals surface area contributed by atoms with Crippen LogP contribution in [0.4, 0.5) is 5.13 Å². The molecule has 0 saturated carbocycles. The normalized spacial score (nSPS) is 16.7. The van der Waals surface area contributed by atoms with Gasteiger partial charge in [0.15, 0.2) is 16.6 Å². The Balaban J connectivity index is 1.68. The van der Waals surface area contributed by atoms with Crippen molar-refractivity contribution in [1.29, 1.82) is 0 Å². The van der Waals surface area contributed by atoms with Crippen LogP contribution >= 0.6 is 34.5 Å². The minimum Gasteiger partial charge on any atom is -0.507 e. The van der Waals surface area contributed by atoms with Gasteiger partial charge in [-0.2, -0.15) is 0 Å². The molecule has 0 spiro atoms. The highest BCUT2D eigenvalue weighted by atomic mass is 35.5. The van der Waals surface area contributed by atoms with E-state index < -0.39 is 17.7 Å². The van der Waals surface area contributed by atoms with Gasteiger partial charge in [-0.05, 0) is 66.6 Å². The molecule has 1 aliphatic rings. The molecule has 1 saturated heterocycles. The Labute approximate surface area is 239 Å². The molecule has 200 valence electrons. The molecule has 1 N–H and O–H groups in total. The third-order valence-corrected chi connectivity index (χ3v) is 7.87. The lowest BCUT2D eigenvalue weighted by atomic mass is 9.95. The van der Waals surface area contributed by atoms with E-state index in [0.717, 1.165) is 17.5 Å². The molecule has 5 rings (SSSR count). The molecular weight excluding hydrogens is 559 g/mol. The number of benzene rings is 3. The summed E-state index contributed by atoms with van der Waals surface area (Å²) >= 11 is 13.4. The van der Waals surface area contributed by atoms with E-state index in [1.165, 1.54) is 23.3 Å². The zero-order valence-corrected chi connectivity index (χ0v) is 23.4. The van der Waals surface area contributed by atoms with E-state index in [-0.39, 0.29) is 11.3 Å². The van der Waals surface area contributed by atoms with Crippen molar-refractivity contribution < 1.29 is 24.2 Å². The fourth-order valence-electron chi connectivity index (χ4n) is 4.40. The molecule has 1 unspecified atom stereocenters. The molecule has 10 heteroatoms. The number of rotatable bonds is 8. The number of nitrogens with zero attached hydrogens (tertiary/aromatic N) is 2. The minimum absolute atomic E-state index is 0.0682. The summed E-state index contributed by atoms with van der Waals surface area (Å²) in [6.45, 7) is 2.60. The topological polar surface area (TPSA) is 89.0 Å². The van der Waals surface area contributed by atoms with Crippen molar-refractivity contribution in [2.75, 3.05) is 18.6 Å². The van der Waals surface area contributed by atoms with Crippen molar-refractivity contribution in [2.45, 2.75) is 25.8 Å². The number of halogens is 2. The Bertz CT molecular complexity index is 1600. The van der Waals surface area contributed by atoms with Crippen LogP contribution in [-0.2, 0) is 9.59 Å². The van der Waals surface area contributed by atoms with Gasteiger partial charge in [-0.3, -0.25) is 14.5 Å². The number of aliphatic hydroxyl groups excluding tert-OH is 1. The van der Waals surface area contributed by atoms with Crippen molar-refractivity contribution >= 4 is 67.3 Å². The number of aliphatic hydroxyl groups is 1. The van der Waals surface area contributed by atoms with E-state index in [4.69, 9.17) is 32.7 Å². The third-order valence-electron chi connectivity index (χ3n) is 6.37. The average molecular weight is 583 g/mol. The van der Waals surface area contributed by atoms with Gasteiger partial charge in [0.05, 0.1) is 35.5 Å². The summed E-state index contributed by atoms with van der Waals surface area (Å²) in [4.78, 5) is 32.9. The van der Waals surface area contributed by atoms with Gasteiger partial charge in [0, 0.05) is 15.6 Å². The van der Waals surface area contributed by atoms with Crippen molar-refractivity contribution in [3.63, 3.8) is 0 Å². The summed E-state index contributed by atoms with van der Waals surface area (Å²) in [5.74, 6) is -0.963. The largest absolute Gasteiger partial charge is 0.507 e. The molecule has 2 heterocycles. The van der Waals surface area contributed by atoms with Crippen LogP contribution in [0.15, 0.2) is 66.2 Å². The predicted molar refractivity (Wildman–Crippen MR) is 154 cm³/mol. The first-order chi connectivity index (χ1) is 18.8. The number of fused-ring (bicyclic) bond motifs is 1. The molecule has 1 aliphatic heterocycles. The number of Topliss-reactive ketones (excluding diaryl/α,β-unsaturated/α-hetero) is 1. The Morgan fingerprint density at radius 2 is 1.77 bits per heavy atom. The van der Waals surface area contributed by atoms with E-state index in [9.17, 15) is 14.7 Å². The first kappa shape index (κ1) is 27.0. The Hall–Kier alpha value is -3.59. The number of thiazole rings is 1. The van der Waals surface area contributed by atoms with E-state index in [1.807, 2.05) is 0 Å². The third kappa shape index (κ3) is 5.20. The quantitative estimate of drug-likeness (QED) is 0.101. The summed E-state index contributed by atoms with van der Waals surface area (Å²) in [7, 11) is 1.52. The number of aromatic nitrogens is 1. The number of amides is 1. The lowest BCUT2D eigenvalue weighted by Crippen LogP contribution is -2.29. The number of carbonyl (C=O) groups is 2. The summed E-state index contributed by atoms with van der Waals surface area (Å²) < 4.78 is 12.2. The van der Waals surface area contributed by atoms with Crippen molar-refractivity contribution in [1.82, 2.24) is 4.98 Å². The Morgan fingerprint density at radius 1 is 1.03 bits per heavy atom. The first-order valence-electron chi connectivity index (χ1n) is 12.3. The van der Waals surface area contributed by atoms with E-state index in [2.05, 4.69) is 11.9 Å². The summed E-state index contributed by atoms with van der Waals surface area (Å²) in [6, 6.07) is 15.8.